The number of amides is 1. The first kappa shape index (κ1) is 13.0. The first-order chi connectivity index (χ1) is 9.20. The van der Waals surface area contributed by atoms with E-state index in [4.69, 9.17) is 0 Å². The first-order valence-electron chi connectivity index (χ1n) is 6.02. The number of pyridine rings is 2. The van der Waals surface area contributed by atoms with Gasteiger partial charge in [-0.15, -0.1) is 0 Å². The number of aromatic nitrogens is 2. The van der Waals surface area contributed by atoms with Gasteiger partial charge < -0.3 is 10.6 Å². The molecule has 0 saturated heterocycles. The molecule has 2 aromatic rings. The van der Waals surface area contributed by atoms with Crippen molar-refractivity contribution in [2.45, 2.75) is 13.5 Å². The summed E-state index contributed by atoms with van der Waals surface area (Å²) in [5.41, 5.74) is 2.71. The molecular weight excluding hydrogens is 240 g/mol. The van der Waals surface area contributed by atoms with Gasteiger partial charge in [0.1, 0.15) is 5.82 Å². The third-order valence-corrected chi connectivity index (χ3v) is 2.85. The number of rotatable bonds is 4. The van der Waals surface area contributed by atoms with E-state index in [0.29, 0.717) is 17.9 Å². The fraction of sp³-hybridized carbons (Fsp3) is 0.214. The van der Waals surface area contributed by atoms with Crippen LogP contribution in [-0.2, 0) is 6.54 Å². The van der Waals surface area contributed by atoms with Gasteiger partial charge in [0.15, 0.2) is 0 Å². The molecule has 0 aromatic carbocycles. The Morgan fingerprint density at radius 3 is 2.89 bits per heavy atom. The van der Waals surface area contributed by atoms with Crippen molar-refractivity contribution in [3.05, 3.63) is 53.5 Å². The molecular formula is C14H16N4O. The fourth-order valence-corrected chi connectivity index (χ4v) is 1.69. The van der Waals surface area contributed by atoms with E-state index >= 15 is 0 Å². The van der Waals surface area contributed by atoms with Crippen molar-refractivity contribution < 1.29 is 4.79 Å². The molecule has 0 aliphatic carbocycles. The van der Waals surface area contributed by atoms with Crippen LogP contribution in [0.1, 0.15) is 21.5 Å². The normalized spacial score (nSPS) is 10.0. The van der Waals surface area contributed by atoms with Crippen LogP contribution >= 0.6 is 0 Å². The van der Waals surface area contributed by atoms with Crippen molar-refractivity contribution in [2.75, 3.05) is 12.4 Å². The van der Waals surface area contributed by atoms with E-state index in [2.05, 4.69) is 20.6 Å². The maximum atomic E-state index is 12.0. The van der Waals surface area contributed by atoms with E-state index in [0.717, 1.165) is 11.1 Å². The van der Waals surface area contributed by atoms with Crippen LogP contribution in [0.5, 0.6) is 0 Å². The zero-order valence-corrected chi connectivity index (χ0v) is 11.0. The minimum Gasteiger partial charge on any atom is -0.373 e. The summed E-state index contributed by atoms with van der Waals surface area (Å²) < 4.78 is 0. The number of anilines is 1. The van der Waals surface area contributed by atoms with Crippen LogP contribution in [0.3, 0.4) is 0 Å². The quantitative estimate of drug-likeness (QED) is 0.874. The fourth-order valence-electron chi connectivity index (χ4n) is 1.69. The molecule has 1 amide bonds. The first-order valence-corrected chi connectivity index (χ1v) is 6.02. The topological polar surface area (TPSA) is 66.9 Å². The van der Waals surface area contributed by atoms with Crippen molar-refractivity contribution in [1.29, 1.82) is 0 Å². The van der Waals surface area contributed by atoms with E-state index in [1.807, 2.05) is 13.0 Å². The van der Waals surface area contributed by atoms with Gasteiger partial charge in [-0.25, -0.2) is 4.98 Å². The number of carbonyl (C=O) groups excluding carboxylic acids is 1. The lowest BCUT2D eigenvalue weighted by Crippen LogP contribution is -2.23. The van der Waals surface area contributed by atoms with Gasteiger partial charge in [-0.1, -0.05) is 0 Å². The Kier molecular flexibility index (Phi) is 4.07. The van der Waals surface area contributed by atoms with Crippen molar-refractivity contribution in [1.82, 2.24) is 15.3 Å². The highest BCUT2D eigenvalue weighted by Gasteiger charge is 2.07. The van der Waals surface area contributed by atoms with Crippen molar-refractivity contribution in [3.63, 3.8) is 0 Å². The third kappa shape index (κ3) is 3.28. The molecule has 2 heterocycles. The average Bonchev–Trinajstić information content (AvgIpc) is 2.46. The van der Waals surface area contributed by atoms with Crippen molar-refractivity contribution >= 4 is 11.7 Å². The summed E-state index contributed by atoms with van der Waals surface area (Å²) in [7, 11) is 1.77. The van der Waals surface area contributed by atoms with Crippen LogP contribution in [-0.4, -0.2) is 22.9 Å². The van der Waals surface area contributed by atoms with Crippen LogP contribution in [0.25, 0.3) is 0 Å². The van der Waals surface area contributed by atoms with Crippen LogP contribution in [0.2, 0.25) is 0 Å². The number of hydrogen-bond donors (Lipinski definition) is 2. The molecule has 0 saturated carbocycles. The summed E-state index contributed by atoms with van der Waals surface area (Å²) in [6.07, 6.45) is 5.12. The van der Waals surface area contributed by atoms with E-state index in [1.54, 1.807) is 37.8 Å². The zero-order valence-electron chi connectivity index (χ0n) is 11.0. The number of hydrogen-bond acceptors (Lipinski definition) is 4. The standard InChI is InChI=1S/C14H16N4O/c1-10-8-16-5-3-12(10)9-18-14(19)11-4-6-17-13(7-11)15-2/h3-8H,9H2,1-2H3,(H,15,17)(H,18,19). The predicted octanol–water partition coefficient (Wildman–Crippen LogP) is 1.76. The summed E-state index contributed by atoms with van der Waals surface area (Å²) in [5.74, 6) is 0.558. The summed E-state index contributed by atoms with van der Waals surface area (Å²) >= 11 is 0. The molecule has 98 valence electrons. The van der Waals surface area contributed by atoms with E-state index in [1.165, 1.54) is 0 Å². The van der Waals surface area contributed by atoms with E-state index in [9.17, 15) is 4.79 Å². The van der Waals surface area contributed by atoms with Gasteiger partial charge in [-0.2, -0.15) is 0 Å². The Morgan fingerprint density at radius 2 is 2.16 bits per heavy atom. The largest absolute Gasteiger partial charge is 0.373 e. The number of nitrogens with zero attached hydrogens (tertiary/aromatic N) is 2. The smallest absolute Gasteiger partial charge is 0.251 e. The van der Waals surface area contributed by atoms with Crippen molar-refractivity contribution in [2.24, 2.45) is 0 Å². The molecule has 0 atom stereocenters. The highest BCUT2D eigenvalue weighted by atomic mass is 16.1. The lowest BCUT2D eigenvalue weighted by Gasteiger charge is -2.08. The number of carbonyl (C=O) groups is 1. The minimum atomic E-state index is -0.116. The van der Waals surface area contributed by atoms with Crippen LogP contribution in [0, 0.1) is 6.92 Å². The molecule has 5 heteroatoms. The second-order valence-corrected chi connectivity index (χ2v) is 4.16. The monoisotopic (exact) mass is 256 g/mol. The Morgan fingerprint density at radius 1 is 1.32 bits per heavy atom. The van der Waals surface area contributed by atoms with Gasteiger partial charge in [0.05, 0.1) is 0 Å². The van der Waals surface area contributed by atoms with Gasteiger partial charge in [0.2, 0.25) is 0 Å². The van der Waals surface area contributed by atoms with Gasteiger partial charge >= 0.3 is 0 Å². The highest BCUT2D eigenvalue weighted by molar-refractivity contribution is 5.94. The SMILES string of the molecule is CNc1cc(C(=O)NCc2ccncc2C)ccn1. The van der Waals surface area contributed by atoms with Crippen LogP contribution in [0.15, 0.2) is 36.8 Å². The molecule has 0 radical (unpaired) electrons. The third-order valence-electron chi connectivity index (χ3n) is 2.85. The summed E-state index contributed by atoms with van der Waals surface area (Å²) in [6.45, 7) is 2.46. The van der Waals surface area contributed by atoms with Gasteiger partial charge in [-0.05, 0) is 36.2 Å². The molecule has 2 rings (SSSR count). The minimum absolute atomic E-state index is 0.116. The lowest BCUT2D eigenvalue weighted by atomic mass is 10.1. The van der Waals surface area contributed by atoms with Crippen molar-refractivity contribution in [3.8, 4) is 0 Å². The molecule has 2 aromatic heterocycles. The Balaban J connectivity index is 2.03. The summed E-state index contributed by atoms with van der Waals surface area (Å²) in [4.78, 5) is 20.1. The molecule has 0 aliphatic heterocycles. The molecule has 0 spiro atoms. The van der Waals surface area contributed by atoms with Gasteiger partial charge in [0.25, 0.3) is 5.91 Å². The Bertz CT molecular complexity index is 583. The van der Waals surface area contributed by atoms with E-state index < -0.39 is 0 Å². The maximum absolute atomic E-state index is 12.0. The van der Waals surface area contributed by atoms with Crippen LogP contribution in [0.4, 0.5) is 5.82 Å². The number of aryl methyl sites for hydroxylation is 1. The second kappa shape index (κ2) is 5.95. The molecule has 0 unspecified atom stereocenters. The highest BCUT2D eigenvalue weighted by Crippen LogP contribution is 2.08. The lowest BCUT2D eigenvalue weighted by molar-refractivity contribution is 0.0951. The van der Waals surface area contributed by atoms with Gasteiger partial charge in [-0.3, -0.25) is 9.78 Å². The van der Waals surface area contributed by atoms with E-state index in [-0.39, 0.29) is 5.91 Å². The number of nitrogens with one attached hydrogen (secondary N) is 2. The van der Waals surface area contributed by atoms with Crippen LogP contribution < -0.4 is 10.6 Å². The maximum Gasteiger partial charge on any atom is 0.251 e. The molecule has 0 fully saturated rings. The molecule has 0 aliphatic rings. The second-order valence-electron chi connectivity index (χ2n) is 4.16. The average molecular weight is 256 g/mol. The molecule has 19 heavy (non-hydrogen) atoms. The molecule has 0 bridgehead atoms. The summed E-state index contributed by atoms with van der Waals surface area (Å²) in [5, 5.41) is 5.79. The molecule has 2 N–H and O–H groups in total. The molecule has 5 nitrogen and oxygen atoms in total. The summed E-state index contributed by atoms with van der Waals surface area (Å²) in [6, 6.07) is 5.31. The zero-order chi connectivity index (χ0) is 13.7. The van der Waals surface area contributed by atoms with Gasteiger partial charge in [0, 0.05) is 37.7 Å². The Hall–Kier alpha value is -2.43. The predicted molar refractivity (Wildman–Crippen MR) is 73.9 cm³/mol. The Labute approximate surface area is 112 Å².